The molecule has 1 aliphatic heterocycles. The highest BCUT2D eigenvalue weighted by atomic mass is 19.1. The van der Waals surface area contributed by atoms with Crippen LogP contribution in [0.1, 0.15) is 38.8 Å². The van der Waals surface area contributed by atoms with Gasteiger partial charge in [0.05, 0.1) is 12.6 Å². The van der Waals surface area contributed by atoms with E-state index in [-0.39, 0.29) is 30.2 Å². The topological polar surface area (TPSA) is 61.4 Å². The average molecular weight is 293 g/mol. The molecule has 114 valence electrons. The number of halogens is 1. The van der Waals surface area contributed by atoms with Crippen molar-refractivity contribution in [3.63, 3.8) is 0 Å². The molecule has 2 atom stereocenters. The summed E-state index contributed by atoms with van der Waals surface area (Å²) in [6.07, 6.45) is -0.262. The minimum atomic E-state index is -0.446. The summed E-state index contributed by atoms with van der Waals surface area (Å²) in [6, 6.07) is 5.50. The van der Waals surface area contributed by atoms with Crippen molar-refractivity contribution >= 4 is 11.9 Å². The zero-order chi connectivity index (χ0) is 15.6. The molecule has 1 unspecified atom stereocenters. The van der Waals surface area contributed by atoms with Crippen LogP contribution in [0.5, 0.6) is 0 Å². The third kappa shape index (κ3) is 3.58. The highest BCUT2D eigenvalue weighted by Gasteiger charge is 2.33. The number of nitrogens with one attached hydrogen (secondary N) is 2. The minimum absolute atomic E-state index is 0.168. The molecule has 1 aromatic rings. The summed E-state index contributed by atoms with van der Waals surface area (Å²) in [6.45, 7) is 5.45. The van der Waals surface area contributed by atoms with Crippen LogP contribution in [0.3, 0.4) is 0 Å². The monoisotopic (exact) mass is 293 g/mol. The summed E-state index contributed by atoms with van der Waals surface area (Å²) in [5.74, 6) is -0.520. The second-order valence-corrected chi connectivity index (χ2v) is 5.51. The zero-order valence-corrected chi connectivity index (χ0v) is 12.4. The summed E-state index contributed by atoms with van der Waals surface area (Å²) in [4.78, 5) is 25.1. The first-order chi connectivity index (χ1) is 9.88. The fourth-order valence-corrected chi connectivity index (χ4v) is 2.45. The van der Waals surface area contributed by atoms with Crippen LogP contribution in [0.15, 0.2) is 24.3 Å². The molecule has 0 radical (unpaired) electrons. The van der Waals surface area contributed by atoms with Gasteiger partial charge in [-0.1, -0.05) is 12.1 Å². The molecule has 0 saturated carbocycles. The van der Waals surface area contributed by atoms with Crippen LogP contribution in [-0.4, -0.2) is 29.0 Å². The van der Waals surface area contributed by atoms with Gasteiger partial charge in [-0.25, -0.2) is 9.18 Å². The number of carbonyl (C=O) groups is 2. The van der Waals surface area contributed by atoms with Crippen LogP contribution < -0.4 is 10.6 Å². The molecule has 1 heterocycles. The molecule has 2 rings (SSSR count). The minimum Gasteiger partial charge on any atom is -0.322 e. The van der Waals surface area contributed by atoms with E-state index in [4.69, 9.17) is 0 Å². The first-order valence-corrected chi connectivity index (χ1v) is 7.02. The molecule has 1 aliphatic rings. The Morgan fingerprint density at radius 3 is 2.62 bits per heavy atom. The van der Waals surface area contributed by atoms with Crippen LogP contribution in [0.4, 0.5) is 9.18 Å². The number of nitrogens with zero attached hydrogens (tertiary/aromatic N) is 1. The number of imide groups is 1. The van der Waals surface area contributed by atoms with Gasteiger partial charge in [0.15, 0.2) is 0 Å². The lowest BCUT2D eigenvalue weighted by Crippen LogP contribution is -2.61. The van der Waals surface area contributed by atoms with Crippen LogP contribution in [0.2, 0.25) is 0 Å². The molecule has 3 amide bonds. The van der Waals surface area contributed by atoms with E-state index < -0.39 is 12.2 Å². The predicted octanol–water partition coefficient (Wildman–Crippen LogP) is 2.15. The zero-order valence-electron chi connectivity index (χ0n) is 12.4. The Bertz CT molecular complexity index is 529. The van der Waals surface area contributed by atoms with E-state index in [2.05, 4.69) is 10.6 Å². The third-order valence-electron chi connectivity index (χ3n) is 3.48. The van der Waals surface area contributed by atoms with Crippen molar-refractivity contribution in [3.05, 3.63) is 35.6 Å². The van der Waals surface area contributed by atoms with E-state index in [1.807, 2.05) is 6.92 Å². The van der Waals surface area contributed by atoms with Crippen LogP contribution in [0, 0.1) is 5.82 Å². The lowest BCUT2D eigenvalue weighted by atomic mass is 10.1. The number of benzene rings is 1. The van der Waals surface area contributed by atoms with Gasteiger partial charge in [0, 0.05) is 12.1 Å². The highest BCUT2D eigenvalue weighted by Crippen LogP contribution is 2.16. The van der Waals surface area contributed by atoms with Gasteiger partial charge in [-0.2, -0.15) is 0 Å². The molecule has 21 heavy (non-hydrogen) atoms. The van der Waals surface area contributed by atoms with E-state index in [9.17, 15) is 14.0 Å². The van der Waals surface area contributed by atoms with Gasteiger partial charge in [-0.3, -0.25) is 15.0 Å². The lowest BCUT2D eigenvalue weighted by Gasteiger charge is -2.35. The highest BCUT2D eigenvalue weighted by molar-refractivity contribution is 5.97. The summed E-state index contributed by atoms with van der Waals surface area (Å²) >= 11 is 0. The van der Waals surface area contributed by atoms with Crippen molar-refractivity contribution in [2.24, 2.45) is 0 Å². The van der Waals surface area contributed by atoms with Gasteiger partial charge in [0.25, 0.3) is 0 Å². The normalized spacial score (nSPS) is 20.6. The van der Waals surface area contributed by atoms with Crippen molar-refractivity contribution < 1.29 is 14.0 Å². The molecule has 0 aromatic heterocycles. The molecular weight excluding hydrogens is 273 g/mol. The van der Waals surface area contributed by atoms with Crippen molar-refractivity contribution in [2.75, 3.05) is 0 Å². The van der Waals surface area contributed by atoms with E-state index in [0.717, 1.165) is 5.56 Å². The standard InChI is InChI=1S/C15H20FN3O2/c1-9(2)19-14(20)8-13(18-15(19)21)17-10(3)11-5-4-6-12(16)7-11/h4-7,9-10,13,17H,8H2,1-3H3,(H,18,21)/t10-,13?/m0/s1. The van der Waals surface area contributed by atoms with Gasteiger partial charge in [-0.05, 0) is 38.5 Å². The van der Waals surface area contributed by atoms with Crippen molar-refractivity contribution in [1.29, 1.82) is 0 Å². The van der Waals surface area contributed by atoms with Crippen LogP contribution >= 0.6 is 0 Å². The number of amides is 3. The quantitative estimate of drug-likeness (QED) is 0.894. The summed E-state index contributed by atoms with van der Waals surface area (Å²) in [7, 11) is 0. The molecule has 5 nitrogen and oxygen atoms in total. The molecule has 0 bridgehead atoms. The predicted molar refractivity (Wildman–Crippen MR) is 76.9 cm³/mol. The lowest BCUT2D eigenvalue weighted by molar-refractivity contribution is -0.131. The van der Waals surface area contributed by atoms with Gasteiger partial charge >= 0.3 is 6.03 Å². The molecule has 1 aromatic carbocycles. The van der Waals surface area contributed by atoms with Gasteiger partial charge in [-0.15, -0.1) is 0 Å². The van der Waals surface area contributed by atoms with Gasteiger partial charge < -0.3 is 5.32 Å². The van der Waals surface area contributed by atoms with Crippen molar-refractivity contribution in [3.8, 4) is 0 Å². The summed E-state index contributed by atoms with van der Waals surface area (Å²) in [5.41, 5.74) is 0.767. The Kier molecular flexibility index (Phi) is 4.57. The number of hydrogen-bond acceptors (Lipinski definition) is 3. The van der Waals surface area contributed by atoms with Crippen LogP contribution in [0.25, 0.3) is 0 Å². The molecule has 1 fully saturated rings. The maximum Gasteiger partial charge on any atom is 0.325 e. The van der Waals surface area contributed by atoms with E-state index in [0.29, 0.717) is 0 Å². The second kappa shape index (κ2) is 6.22. The number of urea groups is 1. The van der Waals surface area contributed by atoms with Crippen molar-refractivity contribution in [2.45, 2.75) is 45.4 Å². The first kappa shape index (κ1) is 15.4. The van der Waals surface area contributed by atoms with E-state index >= 15 is 0 Å². The molecule has 2 N–H and O–H groups in total. The number of rotatable bonds is 4. The van der Waals surface area contributed by atoms with E-state index in [1.54, 1.807) is 26.0 Å². The molecule has 6 heteroatoms. The third-order valence-corrected chi connectivity index (χ3v) is 3.48. The molecule has 0 spiro atoms. The maximum absolute atomic E-state index is 13.2. The SMILES string of the molecule is CC(C)N1C(=O)CC(N[C@@H](C)c2cccc(F)c2)NC1=O. The average Bonchev–Trinajstić information content (AvgIpc) is 2.37. The summed E-state index contributed by atoms with van der Waals surface area (Å²) in [5, 5.41) is 5.89. The Morgan fingerprint density at radius 2 is 2.05 bits per heavy atom. The number of carbonyl (C=O) groups excluding carboxylic acids is 2. The van der Waals surface area contributed by atoms with Crippen LogP contribution in [-0.2, 0) is 4.79 Å². The summed E-state index contributed by atoms with van der Waals surface area (Å²) < 4.78 is 13.2. The molecular formula is C15H20FN3O2. The Hall–Kier alpha value is -1.95. The Morgan fingerprint density at radius 1 is 1.33 bits per heavy atom. The van der Waals surface area contributed by atoms with Crippen molar-refractivity contribution in [1.82, 2.24) is 15.5 Å². The van der Waals surface area contributed by atoms with Gasteiger partial charge in [0.2, 0.25) is 5.91 Å². The fraction of sp³-hybridized carbons (Fsp3) is 0.467. The Labute approximate surface area is 123 Å². The second-order valence-electron chi connectivity index (χ2n) is 5.51. The largest absolute Gasteiger partial charge is 0.325 e. The molecule has 0 aliphatic carbocycles. The Balaban J connectivity index is 2.01. The molecule has 1 saturated heterocycles. The number of hydrogen-bond donors (Lipinski definition) is 2. The smallest absolute Gasteiger partial charge is 0.322 e. The maximum atomic E-state index is 13.2. The first-order valence-electron chi connectivity index (χ1n) is 7.02. The van der Waals surface area contributed by atoms with E-state index in [1.165, 1.54) is 17.0 Å². The fourth-order valence-electron chi connectivity index (χ4n) is 2.45. The van der Waals surface area contributed by atoms with Gasteiger partial charge in [0.1, 0.15) is 5.82 Å².